The van der Waals surface area contributed by atoms with E-state index in [2.05, 4.69) is 133 Å². The molecule has 9 rings (SSSR count). The summed E-state index contributed by atoms with van der Waals surface area (Å²) in [4.78, 5) is 9.98. The van der Waals surface area contributed by atoms with Crippen molar-refractivity contribution in [2.75, 3.05) is 0 Å². The van der Waals surface area contributed by atoms with Gasteiger partial charge in [0.15, 0.2) is 5.82 Å². The molecule has 0 amide bonds. The molecule has 47 heavy (non-hydrogen) atoms. The molecule has 9 aromatic rings. The predicted octanol–water partition coefficient (Wildman–Crippen LogP) is 12.3. The van der Waals surface area contributed by atoms with Gasteiger partial charge in [0.05, 0.1) is 11.4 Å². The SMILES string of the molecule is c1ccc(-c2cc(-c3ccc4cc(-c5cccc(-c6ccc7sc8ccccc8c7c6)c5)ccc4c3)nc(-c3ccccc3)n2)cc1. The maximum absolute atomic E-state index is 5.03. The summed E-state index contributed by atoms with van der Waals surface area (Å²) < 4.78 is 2.66. The summed E-state index contributed by atoms with van der Waals surface area (Å²) in [7, 11) is 0. The summed E-state index contributed by atoms with van der Waals surface area (Å²) in [6.45, 7) is 0. The van der Waals surface area contributed by atoms with Crippen molar-refractivity contribution >= 4 is 42.3 Å². The van der Waals surface area contributed by atoms with Crippen LogP contribution in [0.1, 0.15) is 0 Å². The van der Waals surface area contributed by atoms with Crippen molar-refractivity contribution in [2.45, 2.75) is 0 Å². The zero-order valence-electron chi connectivity index (χ0n) is 25.5. The van der Waals surface area contributed by atoms with Crippen LogP contribution in [0.3, 0.4) is 0 Å². The zero-order chi connectivity index (χ0) is 31.2. The fourth-order valence-electron chi connectivity index (χ4n) is 6.44. The number of aromatic nitrogens is 2. The Morgan fingerprint density at radius 1 is 0.319 bits per heavy atom. The van der Waals surface area contributed by atoms with Crippen LogP contribution in [-0.2, 0) is 0 Å². The van der Waals surface area contributed by atoms with Crippen molar-refractivity contribution in [3.05, 3.63) is 170 Å². The van der Waals surface area contributed by atoms with Gasteiger partial charge in [-0.05, 0) is 75.5 Å². The zero-order valence-corrected chi connectivity index (χ0v) is 26.3. The minimum Gasteiger partial charge on any atom is -0.228 e. The number of nitrogens with zero attached hydrogens (tertiary/aromatic N) is 2. The summed E-state index contributed by atoms with van der Waals surface area (Å²) in [6, 6.07) is 60.4. The van der Waals surface area contributed by atoms with E-state index >= 15 is 0 Å². The number of benzene rings is 7. The number of thiophene rings is 1. The molecule has 2 nitrogen and oxygen atoms in total. The number of hydrogen-bond acceptors (Lipinski definition) is 3. The average molecular weight is 617 g/mol. The van der Waals surface area contributed by atoms with Gasteiger partial charge in [0.25, 0.3) is 0 Å². The highest BCUT2D eigenvalue weighted by Gasteiger charge is 2.12. The Hall–Kier alpha value is -5.90. The smallest absolute Gasteiger partial charge is 0.160 e. The molecule has 0 aliphatic rings. The van der Waals surface area contributed by atoms with Crippen LogP contribution in [0.5, 0.6) is 0 Å². The van der Waals surface area contributed by atoms with Crippen molar-refractivity contribution in [1.29, 1.82) is 0 Å². The molecule has 0 atom stereocenters. The minimum atomic E-state index is 0.726. The second-order valence-electron chi connectivity index (χ2n) is 11.9. The monoisotopic (exact) mass is 616 g/mol. The van der Waals surface area contributed by atoms with Gasteiger partial charge in [-0.3, -0.25) is 0 Å². The Balaban J connectivity index is 1.08. The van der Waals surface area contributed by atoms with Gasteiger partial charge in [0, 0.05) is 36.9 Å². The van der Waals surface area contributed by atoms with E-state index in [1.807, 2.05) is 47.7 Å². The minimum absolute atomic E-state index is 0.726. The number of fused-ring (bicyclic) bond motifs is 4. The van der Waals surface area contributed by atoms with E-state index in [-0.39, 0.29) is 0 Å². The predicted molar refractivity (Wildman–Crippen MR) is 200 cm³/mol. The molecule has 3 heteroatoms. The third-order valence-electron chi connectivity index (χ3n) is 8.87. The summed E-state index contributed by atoms with van der Waals surface area (Å²) >= 11 is 1.86. The Morgan fingerprint density at radius 2 is 0.851 bits per heavy atom. The molecular formula is C44H28N2S. The first-order chi connectivity index (χ1) is 23.2. The van der Waals surface area contributed by atoms with Crippen LogP contribution in [0.15, 0.2) is 170 Å². The summed E-state index contributed by atoms with van der Waals surface area (Å²) in [5, 5.41) is 5.03. The molecule has 0 unspecified atom stereocenters. The van der Waals surface area contributed by atoms with Crippen molar-refractivity contribution < 1.29 is 0 Å². The van der Waals surface area contributed by atoms with Crippen LogP contribution >= 0.6 is 11.3 Å². The van der Waals surface area contributed by atoms with Gasteiger partial charge in [-0.2, -0.15) is 0 Å². The molecule has 2 aromatic heterocycles. The van der Waals surface area contributed by atoms with E-state index in [0.29, 0.717) is 0 Å². The molecule has 0 saturated heterocycles. The molecule has 0 aliphatic heterocycles. The molecule has 0 aliphatic carbocycles. The standard InChI is InChI=1S/C44H28N2S/c1-3-10-29(11-4-1)40-28-41(46-44(45-40)30-12-5-2-6-13-30)37-21-20-34-25-33(18-19-35(34)26-37)31-14-9-15-32(24-31)36-22-23-43-39(27-36)38-16-7-8-17-42(38)47-43/h1-28H. The Bertz CT molecular complexity index is 2510. The van der Waals surface area contributed by atoms with E-state index in [4.69, 9.17) is 9.97 Å². The van der Waals surface area contributed by atoms with Crippen LogP contribution in [0.4, 0.5) is 0 Å². The van der Waals surface area contributed by atoms with E-state index in [1.54, 1.807) is 0 Å². The highest BCUT2D eigenvalue weighted by molar-refractivity contribution is 7.25. The summed E-state index contributed by atoms with van der Waals surface area (Å²) in [5.74, 6) is 0.726. The maximum atomic E-state index is 5.03. The highest BCUT2D eigenvalue weighted by Crippen LogP contribution is 2.37. The van der Waals surface area contributed by atoms with Gasteiger partial charge in [-0.15, -0.1) is 11.3 Å². The molecule has 0 saturated carbocycles. The molecule has 0 radical (unpaired) electrons. The lowest BCUT2D eigenvalue weighted by Gasteiger charge is -2.11. The van der Waals surface area contributed by atoms with Crippen LogP contribution in [0, 0.1) is 0 Å². The summed E-state index contributed by atoms with van der Waals surface area (Å²) in [6.07, 6.45) is 0. The van der Waals surface area contributed by atoms with Crippen molar-refractivity contribution in [1.82, 2.24) is 9.97 Å². The van der Waals surface area contributed by atoms with Crippen LogP contribution in [0.25, 0.3) is 87.1 Å². The van der Waals surface area contributed by atoms with Gasteiger partial charge < -0.3 is 0 Å². The third kappa shape index (κ3) is 5.17. The lowest BCUT2D eigenvalue weighted by Crippen LogP contribution is -1.95. The van der Waals surface area contributed by atoms with Crippen LogP contribution in [-0.4, -0.2) is 9.97 Å². The molecule has 7 aromatic carbocycles. The van der Waals surface area contributed by atoms with E-state index in [1.165, 1.54) is 53.2 Å². The quantitative estimate of drug-likeness (QED) is 0.192. The second kappa shape index (κ2) is 11.5. The Morgan fingerprint density at radius 3 is 1.62 bits per heavy atom. The largest absolute Gasteiger partial charge is 0.228 e. The molecule has 220 valence electrons. The van der Waals surface area contributed by atoms with Gasteiger partial charge in [-0.25, -0.2) is 9.97 Å². The fourth-order valence-corrected chi connectivity index (χ4v) is 7.52. The van der Waals surface area contributed by atoms with E-state index in [0.717, 1.165) is 33.9 Å². The maximum Gasteiger partial charge on any atom is 0.160 e. The molecule has 2 heterocycles. The topological polar surface area (TPSA) is 25.8 Å². The van der Waals surface area contributed by atoms with Gasteiger partial charge >= 0.3 is 0 Å². The van der Waals surface area contributed by atoms with Crippen molar-refractivity contribution in [3.63, 3.8) is 0 Å². The van der Waals surface area contributed by atoms with E-state index in [9.17, 15) is 0 Å². The number of hydrogen-bond donors (Lipinski definition) is 0. The van der Waals surface area contributed by atoms with Crippen molar-refractivity contribution in [3.8, 4) is 56.2 Å². The normalized spacial score (nSPS) is 11.4. The van der Waals surface area contributed by atoms with Gasteiger partial charge in [0.2, 0.25) is 0 Å². The first-order valence-corrected chi connectivity index (χ1v) is 16.6. The Labute approximate surface area is 277 Å². The Kier molecular flexibility index (Phi) is 6.69. The first kappa shape index (κ1) is 27.4. The summed E-state index contributed by atoms with van der Waals surface area (Å²) in [5.41, 5.74) is 9.84. The molecule has 0 bridgehead atoms. The first-order valence-electron chi connectivity index (χ1n) is 15.8. The van der Waals surface area contributed by atoms with Gasteiger partial charge in [-0.1, -0.05) is 127 Å². The lowest BCUT2D eigenvalue weighted by atomic mass is 9.96. The molecule has 0 spiro atoms. The third-order valence-corrected chi connectivity index (χ3v) is 10.0. The molecule has 0 fully saturated rings. The van der Waals surface area contributed by atoms with Crippen LogP contribution < -0.4 is 0 Å². The van der Waals surface area contributed by atoms with Gasteiger partial charge in [0.1, 0.15) is 0 Å². The molecular weight excluding hydrogens is 589 g/mol. The average Bonchev–Trinajstić information content (AvgIpc) is 3.53. The highest BCUT2D eigenvalue weighted by atomic mass is 32.1. The van der Waals surface area contributed by atoms with Crippen LogP contribution in [0.2, 0.25) is 0 Å². The van der Waals surface area contributed by atoms with E-state index < -0.39 is 0 Å². The fraction of sp³-hybridized carbons (Fsp3) is 0. The molecule has 0 N–H and O–H groups in total. The number of rotatable bonds is 5. The second-order valence-corrected chi connectivity index (χ2v) is 12.9. The van der Waals surface area contributed by atoms with Crippen molar-refractivity contribution in [2.24, 2.45) is 0 Å². The lowest BCUT2D eigenvalue weighted by molar-refractivity contribution is 1.18.